The predicted molar refractivity (Wildman–Crippen MR) is 74.3 cm³/mol. The Morgan fingerprint density at radius 2 is 1.78 bits per heavy atom. The fraction of sp³-hybridized carbons (Fsp3) is 0.600. The second-order valence-electron chi connectivity index (χ2n) is 5.00. The second-order valence-corrected chi connectivity index (χ2v) is 5.00. The maximum Gasteiger partial charge on any atom is 0.119 e. The van der Waals surface area contributed by atoms with Crippen molar-refractivity contribution in [3.8, 4) is 5.75 Å². The van der Waals surface area contributed by atoms with E-state index in [4.69, 9.17) is 4.74 Å². The number of benzene rings is 1. The number of aliphatic hydroxyl groups excluding tert-OH is 1. The highest BCUT2D eigenvalue weighted by atomic mass is 16.5. The van der Waals surface area contributed by atoms with Crippen molar-refractivity contribution in [3.63, 3.8) is 0 Å². The number of hydrogen-bond acceptors (Lipinski definition) is 3. The molecule has 1 saturated carbocycles. The van der Waals surface area contributed by atoms with Gasteiger partial charge in [-0.1, -0.05) is 0 Å². The molecule has 0 heterocycles. The van der Waals surface area contributed by atoms with Gasteiger partial charge >= 0.3 is 0 Å². The van der Waals surface area contributed by atoms with E-state index in [0.717, 1.165) is 31.4 Å². The van der Waals surface area contributed by atoms with Gasteiger partial charge in [-0.25, -0.2) is 0 Å². The van der Waals surface area contributed by atoms with Crippen LogP contribution in [0.15, 0.2) is 24.3 Å². The highest BCUT2D eigenvalue weighted by Gasteiger charge is 2.22. The van der Waals surface area contributed by atoms with Crippen molar-refractivity contribution in [3.05, 3.63) is 24.3 Å². The van der Waals surface area contributed by atoms with Crippen molar-refractivity contribution in [1.29, 1.82) is 0 Å². The molecule has 1 aromatic rings. The SMILES string of the molecule is CCOc1ccc(N(C)C2CCC(O)CC2)cc1. The van der Waals surface area contributed by atoms with E-state index in [2.05, 4.69) is 24.1 Å². The van der Waals surface area contributed by atoms with Gasteiger partial charge in [-0.15, -0.1) is 0 Å². The number of ether oxygens (including phenoxy) is 1. The molecular formula is C15H23NO2. The van der Waals surface area contributed by atoms with Gasteiger partial charge in [-0.05, 0) is 56.9 Å². The third kappa shape index (κ3) is 3.16. The first kappa shape index (κ1) is 13.2. The van der Waals surface area contributed by atoms with Gasteiger partial charge in [-0.2, -0.15) is 0 Å². The Hall–Kier alpha value is -1.22. The molecule has 1 aliphatic carbocycles. The van der Waals surface area contributed by atoms with Crippen molar-refractivity contribution >= 4 is 5.69 Å². The van der Waals surface area contributed by atoms with Crippen molar-refractivity contribution < 1.29 is 9.84 Å². The summed E-state index contributed by atoms with van der Waals surface area (Å²) in [5.74, 6) is 0.925. The van der Waals surface area contributed by atoms with E-state index in [1.54, 1.807) is 0 Å². The lowest BCUT2D eigenvalue weighted by molar-refractivity contribution is 0.122. The van der Waals surface area contributed by atoms with Gasteiger partial charge in [0.1, 0.15) is 5.75 Å². The van der Waals surface area contributed by atoms with E-state index in [-0.39, 0.29) is 6.10 Å². The largest absolute Gasteiger partial charge is 0.494 e. The number of rotatable bonds is 4. The topological polar surface area (TPSA) is 32.7 Å². The average molecular weight is 249 g/mol. The summed E-state index contributed by atoms with van der Waals surface area (Å²) in [6, 6.07) is 8.80. The lowest BCUT2D eigenvalue weighted by Gasteiger charge is -2.34. The molecule has 18 heavy (non-hydrogen) atoms. The van der Waals surface area contributed by atoms with Gasteiger partial charge in [0.2, 0.25) is 0 Å². The Morgan fingerprint density at radius 3 is 2.33 bits per heavy atom. The van der Waals surface area contributed by atoms with Gasteiger partial charge in [0.25, 0.3) is 0 Å². The van der Waals surface area contributed by atoms with E-state index in [1.165, 1.54) is 5.69 Å². The van der Waals surface area contributed by atoms with Gasteiger partial charge in [0.05, 0.1) is 12.7 Å². The summed E-state index contributed by atoms with van der Waals surface area (Å²) >= 11 is 0. The van der Waals surface area contributed by atoms with Gasteiger partial charge < -0.3 is 14.7 Å². The van der Waals surface area contributed by atoms with Crippen LogP contribution in [-0.4, -0.2) is 30.9 Å². The van der Waals surface area contributed by atoms with Crippen molar-refractivity contribution in [2.24, 2.45) is 0 Å². The molecule has 3 heteroatoms. The molecule has 1 aromatic carbocycles. The molecule has 0 aromatic heterocycles. The van der Waals surface area contributed by atoms with Gasteiger partial charge in [0.15, 0.2) is 0 Å². The summed E-state index contributed by atoms with van der Waals surface area (Å²) in [7, 11) is 2.14. The molecule has 0 radical (unpaired) electrons. The molecule has 3 nitrogen and oxygen atoms in total. The lowest BCUT2D eigenvalue weighted by Crippen LogP contribution is -2.36. The molecule has 0 aliphatic heterocycles. The van der Waals surface area contributed by atoms with Crippen LogP contribution in [0.5, 0.6) is 5.75 Å². The second kappa shape index (κ2) is 6.10. The van der Waals surface area contributed by atoms with E-state index < -0.39 is 0 Å². The zero-order valence-corrected chi connectivity index (χ0v) is 11.3. The quantitative estimate of drug-likeness (QED) is 0.890. The summed E-state index contributed by atoms with van der Waals surface area (Å²) < 4.78 is 5.45. The summed E-state index contributed by atoms with van der Waals surface area (Å²) in [6.07, 6.45) is 3.91. The maximum absolute atomic E-state index is 9.54. The lowest BCUT2D eigenvalue weighted by atomic mass is 9.92. The normalized spacial score (nSPS) is 23.7. The molecule has 1 fully saturated rings. The third-order valence-electron chi connectivity index (χ3n) is 3.77. The Kier molecular flexibility index (Phi) is 4.48. The van der Waals surface area contributed by atoms with Crippen molar-refractivity contribution in [2.45, 2.75) is 44.8 Å². The minimum Gasteiger partial charge on any atom is -0.494 e. The third-order valence-corrected chi connectivity index (χ3v) is 3.77. The Labute approximate surface area is 109 Å². The van der Waals surface area contributed by atoms with E-state index in [1.807, 2.05) is 19.1 Å². The van der Waals surface area contributed by atoms with Crippen LogP contribution < -0.4 is 9.64 Å². The molecule has 0 unspecified atom stereocenters. The zero-order chi connectivity index (χ0) is 13.0. The molecule has 1 aliphatic rings. The number of aliphatic hydroxyl groups is 1. The smallest absolute Gasteiger partial charge is 0.119 e. The number of hydrogen-bond donors (Lipinski definition) is 1. The van der Waals surface area contributed by atoms with Crippen molar-refractivity contribution in [1.82, 2.24) is 0 Å². The molecular weight excluding hydrogens is 226 g/mol. The molecule has 0 saturated heterocycles. The van der Waals surface area contributed by atoms with Gasteiger partial charge in [-0.3, -0.25) is 0 Å². The minimum absolute atomic E-state index is 0.0880. The monoisotopic (exact) mass is 249 g/mol. The van der Waals surface area contributed by atoms with Gasteiger partial charge in [0, 0.05) is 18.8 Å². The van der Waals surface area contributed by atoms with Crippen molar-refractivity contribution in [2.75, 3.05) is 18.6 Å². The van der Waals surface area contributed by atoms with Crippen LogP contribution in [0.2, 0.25) is 0 Å². The molecule has 0 amide bonds. The first-order valence-corrected chi connectivity index (χ1v) is 6.84. The van der Waals surface area contributed by atoms with Crippen LogP contribution in [0.25, 0.3) is 0 Å². The Bertz CT molecular complexity index is 355. The summed E-state index contributed by atoms with van der Waals surface area (Å²) in [4.78, 5) is 2.32. The van der Waals surface area contributed by atoms with Crippen LogP contribution in [0.1, 0.15) is 32.6 Å². The fourth-order valence-corrected chi connectivity index (χ4v) is 2.60. The zero-order valence-electron chi connectivity index (χ0n) is 11.3. The van der Waals surface area contributed by atoms with E-state index in [9.17, 15) is 5.11 Å². The number of nitrogens with zero attached hydrogens (tertiary/aromatic N) is 1. The molecule has 1 N–H and O–H groups in total. The Balaban J connectivity index is 1.97. The molecule has 0 atom stereocenters. The van der Waals surface area contributed by atoms with E-state index >= 15 is 0 Å². The number of anilines is 1. The average Bonchev–Trinajstić information content (AvgIpc) is 2.40. The molecule has 100 valence electrons. The molecule has 2 rings (SSSR count). The maximum atomic E-state index is 9.54. The molecule has 0 spiro atoms. The fourth-order valence-electron chi connectivity index (χ4n) is 2.60. The van der Waals surface area contributed by atoms with Crippen LogP contribution in [0.4, 0.5) is 5.69 Å². The van der Waals surface area contributed by atoms with E-state index in [0.29, 0.717) is 12.6 Å². The molecule has 0 bridgehead atoms. The first-order chi connectivity index (χ1) is 8.70. The highest BCUT2D eigenvalue weighted by molar-refractivity contribution is 5.49. The predicted octanol–water partition coefficient (Wildman–Crippen LogP) is 2.83. The van der Waals surface area contributed by atoms with Crippen LogP contribution >= 0.6 is 0 Å². The summed E-state index contributed by atoms with van der Waals surface area (Å²) in [5, 5.41) is 9.54. The Morgan fingerprint density at radius 1 is 1.17 bits per heavy atom. The van der Waals surface area contributed by atoms with Crippen LogP contribution in [0.3, 0.4) is 0 Å². The van der Waals surface area contributed by atoms with Crippen LogP contribution in [-0.2, 0) is 0 Å². The minimum atomic E-state index is -0.0880. The standard InChI is InChI=1S/C15H23NO2/c1-3-18-15-10-6-13(7-11-15)16(2)12-4-8-14(17)9-5-12/h6-7,10-12,14,17H,3-5,8-9H2,1-2H3. The first-order valence-electron chi connectivity index (χ1n) is 6.84. The van der Waals surface area contributed by atoms with Crippen LogP contribution in [0, 0.1) is 0 Å². The summed E-state index contributed by atoms with van der Waals surface area (Å²) in [5.41, 5.74) is 1.22. The highest BCUT2D eigenvalue weighted by Crippen LogP contribution is 2.27. The summed E-state index contributed by atoms with van der Waals surface area (Å²) in [6.45, 7) is 2.70.